The summed E-state index contributed by atoms with van der Waals surface area (Å²) in [6.45, 7) is 5.01. The zero-order valence-corrected chi connectivity index (χ0v) is 20.4. The van der Waals surface area contributed by atoms with E-state index in [9.17, 15) is 26.0 Å². The van der Waals surface area contributed by atoms with E-state index in [0.29, 0.717) is 37.8 Å². The van der Waals surface area contributed by atoms with Crippen molar-refractivity contribution in [2.24, 2.45) is 0 Å². The predicted molar refractivity (Wildman–Crippen MR) is 125 cm³/mol. The average molecular weight is 511 g/mol. The largest absolute Gasteiger partial charge is 0.417 e. The van der Waals surface area contributed by atoms with Gasteiger partial charge < -0.3 is 4.90 Å². The second kappa shape index (κ2) is 9.34. The van der Waals surface area contributed by atoms with Gasteiger partial charge in [0.1, 0.15) is 5.82 Å². The number of rotatable bonds is 5. The number of nitrogens with zero attached hydrogens (tertiary/aromatic N) is 4. The predicted octanol–water partition coefficient (Wildman–Crippen LogP) is 5.20. The maximum atomic E-state index is 13.5. The number of benzene rings is 2. The molecule has 0 amide bonds. The molecule has 0 saturated carbocycles. The van der Waals surface area contributed by atoms with Crippen LogP contribution in [0.1, 0.15) is 43.9 Å². The van der Waals surface area contributed by atoms with Crippen molar-refractivity contribution in [3.05, 3.63) is 59.5 Å². The maximum absolute atomic E-state index is 13.5. The van der Waals surface area contributed by atoms with E-state index in [1.807, 2.05) is 43.0 Å². The second-order valence-corrected chi connectivity index (χ2v) is 11.0. The number of hydrogen-bond donors (Lipinski definition) is 0. The van der Waals surface area contributed by atoms with Gasteiger partial charge in [0.25, 0.3) is 0 Å². The van der Waals surface area contributed by atoms with Crippen LogP contribution in [0.3, 0.4) is 0 Å². The van der Waals surface area contributed by atoms with Gasteiger partial charge in [-0.1, -0.05) is 38.1 Å². The van der Waals surface area contributed by atoms with Crippen LogP contribution in [0, 0.1) is 5.82 Å². The Morgan fingerprint density at radius 1 is 1.03 bits per heavy atom. The molecular weight excluding hydrogens is 484 g/mol. The highest BCUT2D eigenvalue weighted by Crippen LogP contribution is 2.37. The van der Waals surface area contributed by atoms with E-state index in [0.717, 1.165) is 26.8 Å². The summed E-state index contributed by atoms with van der Waals surface area (Å²) in [5, 5.41) is 10.8. The van der Waals surface area contributed by atoms with Crippen LogP contribution < -0.4 is 4.90 Å². The number of alkyl halides is 3. The summed E-state index contributed by atoms with van der Waals surface area (Å²) in [5.74, 6) is -0.255. The van der Waals surface area contributed by atoms with Crippen LogP contribution >= 0.6 is 0 Å². The van der Waals surface area contributed by atoms with E-state index in [-0.39, 0.29) is 12.0 Å². The van der Waals surface area contributed by atoms with E-state index in [1.54, 1.807) is 0 Å². The summed E-state index contributed by atoms with van der Waals surface area (Å²) in [6.07, 6.45) is -4.23. The first-order chi connectivity index (χ1) is 16.4. The lowest BCUT2D eigenvalue weighted by Gasteiger charge is -2.37. The molecule has 1 fully saturated rings. The molecule has 0 atom stereocenters. The van der Waals surface area contributed by atoms with Crippen molar-refractivity contribution < 1.29 is 26.0 Å². The van der Waals surface area contributed by atoms with E-state index < -0.39 is 38.5 Å². The first-order valence-corrected chi connectivity index (χ1v) is 12.7. The van der Waals surface area contributed by atoms with E-state index in [1.165, 1.54) is 7.05 Å². The molecule has 1 saturated heterocycles. The lowest BCUT2D eigenvalue weighted by atomic mass is 10.0. The molecule has 35 heavy (non-hydrogen) atoms. The van der Waals surface area contributed by atoms with Crippen molar-refractivity contribution in [2.45, 2.75) is 49.7 Å². The van der Waals surface area contributed by atoms with Crippen LogP contribution in [-0.4, -0.2) is 49.1 Å². The Morgan fingerprint density at radius 3 is 2.26 bits per heavy atom. The number of sulfonamides is 1. The Bertz CT molecular complexity index is 1340. The van der Waals surface area contributed by atoms with Crippen molar-refractivity contribution in [1.82, 2.24) is 14.5 Å². The minimum Gasteiger partial charge on any atom is -0.354 e. The number of halogens is 4. The number of hydrogen-bond acceptors (Lipinski definition) is 5. The highest BCUT2D eigenvalue weighted by atomic mass is 32.2. The fourth-order valence-corrected chi connectivity index (χ4v) is 6.12. The zero-order valence-electron chi connectivity index (χ0n) is 19.6. The third kappa shape index (κ3) is 4.84. The molecule has 1 aliphatic heterocycles. The average Bonchev–Trinajstić information content (AvgIpc) is 2.82. The molecule has 0 unspecified atom stereocenters. The van der Waals surface area contributed by atoms with Gasteiger partial charge in [0.05, 0.1) is 16.2 Å². The van der Waals surface area contributed by atoms with Gasteiger partial charge in [-0.3, -0.25) is 0 Å². The van der Waals surface area contributed by atoms with Crippen molar-refractivity contribution >= 4 is 26.6 Å². The van der Waals surface area contributed by atoms with Gasteiger partial charge in [-0.25, -0.2) is 12.8 Å². The molecule has 0 aliphatic carbocycles. The topological polar surface area (TPSA) is 66.4 Å². The maximum Gasteiger partial charge on any atom is 0.417 e. The van der Waals surface area contributed by atoms with E-state index in [2.05, 4.69) is 10.2 Å². The van der Waals surface area contributed by atoms with Crippen LogP contribution in [0.25, 0.3) is 10.8 Å². The van der Waals surface area contributed by atoms with Crippen LogP contribution in [0.2, 0.25) is 0 Å². The quantitative estimate of drug-likeness (QED) is 0.442. The normalized spacial score (nSPS) is 16.0. The molecule has 1 aliphatic rings. The van der Waals surface area contributed by atoms with Crippen LogP contribution in [0.5, 0.6) is 0 Å². The summed E-state index contributed by atoms with van der Waals surface area (Å²) < 4.78 is 81.0. The van der Waals surface area contributed by atoms with Gasteiger partial charge in [0, 0.05) is 37.0 Å². The van der Waals surface area contributed by atoms with Gasteiger partial charge in [-0.15, -0.1) is 5.10 Å². The van der Waals surface area contributed by atoms with Crippen molar-refractivity contribution in [3.63, 3.8) is 0 Å². The SMILES string of the molecule is CC(C)c1nnc(N2CCC(N(C)S(=O)(=O)c3ccc(F)cc3C(F)(F)F)CC2)c2ccccc12. The molecule has 1 aromatic heterocycles. The van der Waals surface area contributed by atoms with Crippen LogP contribution in [-0.2, 0) is 16.2 Å². The third-order valence-electron chi connectivity index (χ3n) is 6.43. The summed E-state index contributed by atoms with van der Waals surface area (Å²) in [5.41, 5.74) is -0.612. The monoisotopic (exact) mass is 510 g/mol. The van der Waals surface area contributed by atoms with Gasteiger partial charge in [0.15, 0.2) is 5.82 Å². The van der Waals surface area contributed by atoms with Crippen LogP contribution in [0.15, 0.2) is 47.4 Å². The molecule has 0 N–H and O–H groups in total. The van der Waals surface area contributed by atoms with Gasteiger partial charge in [-0.05, 0) is 37.0 Å². The Morgan fingerprint density at radius 2 is 1.66 bits per heavy atom. The molecule has 11 heteroatoms. The molecule has 2 heterocycles. The van der Waals surface area contributed by atoms with Gasteiger partial charge in [0.2, 0.25) is 10.0 Å². The van der Waals surface area contributed by atoms with Crippen molar-refractivity contribution in [2.75, 3.05) is 25.0 Å². The Kier molecular flexibility index (Phi) is 6.76. The molecule has 3 aromatic rings. The number of fused-ring (bicyclic) bond motifs is 1. The van der Waals surface area contributed by atoms with E-state index in [4.69, 9.17) is 0 Å². The van der Waals surface area contributed by atoms with Crippen molar-refractivity contribution in [1.29, 1.82) is 0 Å². The summed E-state index contributed by atoms with van der Waals surface area (Å²) in [4.78, 5) is 1.08. The Labute approximate surface area is 201 Å². The smallest absolute Gasteiger partial charge is 0.354 e. The number of anilines is 1. The summed E-state index contributed by atoms with van der Waals surface area (Å²) in [7, 11) is -3.23. The third-order valence-corrected chi connectivity index (χ3v) is 8.39. The molecule has 0 radical (unpaired) electrons. The molecule has 2 aromatic carbocycles. The Hall–Kier alpha value is -2.79. The first kappa shape index (κ1) is 25.3. The molecule has 188 valence electrons. The molecule has 0 bridgehead atoms. The lowest BCUT2D eigenvalue weighted by Crippen LogP contribution is -2.46. The van der Waals surface area contributed by atoms with Gasteiger partial charge in [-0.2, -0.15) is 22.6 Å². The minimum atomic E-state index is -5.00. The highest BCUT2D eigenvalue weighted by Gasteiger charge is 2.40. The highest BCUT2D eigenvalue weighted by molar-refractivity contribution is 7.89. The van der Waals surface area contributed by atoms with Crippen LogP contribution in [0.4, 0.5) is 23.4 Å². The zero-order chi connectivity index (χ0) is 25.5. The molecular formula is C24H26F4N4O2S. The fraction of sp³-hybridized carbons (Fsp3) is 0.417. The molecule has 6 nitrogen and oxygen atoms in total. The van der Waals surface area contributed by atoms with E-state index >= 15 is 0 Å². The standard InChI is InChI=1S/C24H26F4N4O2S/c1-15(2)22-18-6-4-5-7-19(18)23(30-29-22)32-12-10-17(11-13-32)31(3)35(33,34)21-9-8-16(25)14-20(21)24(26,27)28/h4-9,14-15,17H,10-13H2,1-3H3. The van der Waals surface area contributed by atoms with Crippen molar-refractivity contribution in [3.8, 4) is 0 Å². The lowest BCUT2D eigenvalue weighted by molar-refractivity contribution is -0.140. The second-order valence-electron chi connectivity index (χ2n) is 8.99. The number of piperidine rings is 1. The minimum absolute atomic E-state index is 0.194. The fourth-order valence-electron chi connectivity index (χ4n) is 4.51. The molecule has 4 rings (SSSR count). The summed E-state index contributed by atoms with van der Waals surface area (Å²) >= 11 is 0. The Balaban J connectivity index is 1.57. The molecule has 0 spiro atoms. The number of aromatic nitrogens is 2. The van der Waals surface area contributed by atoms with Gasteiger partial charge >= 0.3 is 6.18 Å². The first-order valence-electron chi connectivity index (χ1n) is 11.3. The summed E-state index contributed by atoms with van der Waals surface area (Å²) in [6, 6.07) is 8.94.